The highest BCUT2D eigenvalue weighted by atomic mass is 19.1. The predicted molar refractivity (Wildman–Crippen MR) is 80.1 cm³/mol. The van der Waals surface area contributed by atoms with E-state index in [4.69, 9.17) is 4.42 Å². The molecule has 1 saturated heterocycles. The molecule has 0 N–H and O–H groups in total. The number of aryl methyl sites for hydroxylation is 1. The van der Waals surface area contributed by atoms with Crippen LogP contribution in [0.5, 0.6) is 0 Å². The molecule has 23 heavy (non-hydrogen) atoms. The molecule has 1 fully saturated rings. The summed E-state index contributed by atoms with van der Waals surface area (Å²) in [5, 5.41) is 3.88. The normalized spacial score (nSPS) is 20.9. The van der Waals surface area contributed by atoms with Crippen LogP contribution in [0, 0.1) is 18.7 Å². The lowest BCUT2D eigenvalue weighted by atomic mass is 9.95. The fourth-order valence-corrected chi connectivity index (χ4v) is 3.15. The maximum Gasteiger partial charge on any atom is 0.437 e. The molecule has 3 rings (SSSR count). The van der Waals surface area contributed by atoms with E-state index in [0.717, 1.165) is 16.7 Å². The van der Waals surface area contributed by atoms with Crippen molar-refractivity contribution < 1.29 is 13.6 Å². The van der Waals surface area contributed by atoms with Crippen molar-refractivity contribution in [1.82, 2.24) is 14.7 Å². The monoisotopic (exact) mass is 319 g/mol. The Morgan fingerprint density at radius 2 is 2.26 bits per heavy atom. The molecule has 0 radical (unpaired) electrons. The fraction of sp³-hybridized carbons (Fsp3) is 0.438. The Balaban J connectivity index is 1.84. The van der Waals surface area contributed by atoms with Crippen LogP contribution in [0.1, 0.15) is 30.8 Å². The van der Waals surface area contributed by atoms with E-state index in [1.165, 1.54) is 12.1 Å². The maximum atomic E-state index is 13.5. The summed E-state index contributed by atoms with van der Waals surface area (Å²) < 4.78 is 19.3. The summed E-state index contributed by atoms with van der Waals surface area (Å²) in [7, 11) is 0. The Bertz CT molecular complexity index is 783. The van der Waals surface area contributed by atoms with Crippen molar-refractivity contribution in [1.29, 1.82) is 0 Å². The average molecular weight is 319 g/mol. The molecule has 1 aliphatic rings. The van der Waals surface area contributed by atoms with Gasteiger partial charge in [-0.15, -0.1) is 5.10 Å². The minimum atomic E-state index is -0.648. The van der Waals surface area contributed by atoms with Gasteiger partial charge in [0.25, 0.3) is 0 Å². The third-order valence-corrected chi connectivity index (χ3v) is 4.20. The Morgan fingerprint density at radius 3 is 2.91 bits per heavy atom. The molecule has 2 heterocycles. The van der Waals surface area contributed by atoms with Crippen molar-refractivity contribution in [3.05, 3.63) is 52.1 Å². The minimum Gasteiger partial charge on any atom is -0.393 e. The number of benzene rings is 1. The summed E-state index contributed by atoms with van der Waals surface area (Å²) in [6.45, 7) is 3.99. The summed E-state index contributed by atoms with van der Waals surface area (Å²) in [5.41, 5.74) is 0.770. The van der Waals surface area contributed by atoms with E-state index in [0.29, 0.717) is 6.54 Å². The van der Waals surface area contributed by atoms with Gasteiger partial charge in [0.2, 0.25) is 11.8 Å². The standard InChI is InChI=1S/C16H18FN3O3/c1-10-6-7-19(15(10)12-4-3-5-13(17)8-12)14(21)9-20-16(22)23-11(2)18-20/h3-5,8,10,15H,6-7,9H2,1-2H3. The number of carbonyl (C=O) groups is 1. The zero-order chi connectivity index (χ0) is 16.6. The molecule has 2 atom stereocenters. The number of nitrogens with zero attached hydrogens (tertiary/aromatic N) is 3. The molecular weight excluding hydrogens is 301 g/mol. The second-order valence-electron chi connectivity index (χ2n) is 5.90. The molecule has 0 bridgehead atoms. The lowest BCUT2D eigenvalue weighted by Crippen LogP contribution is -2.36. The predicted octanol–water partition coefficient (Wildman–Crippen LogP) is 1.89. The summed E-state index contributed by atoms with van der Waals surface area (Å²) in [6, 6.07) is 6.11. The number of amides is 1. The molecule has 2 unspecified atom stereocenters. The first-order chi connectivity index (χ1) is 11.0. The van der Waals surface area contributed by atoms with E-state index in [2.05, 4.69) is 5.10 Å². The molecule has 1 aliphatic heterocycles. The lowest BCUT2D eigenvalue weighted by Gasteiger charge is -2.27. The first-order valence-corrected chi connectivity index (χ1v) is 7.55. The number of halogens is 1. The van der Waals surface area contributed by atoms with Crippen LogP contribution in [-0.4, -0.2) is 27.1 Å². The van der Waals surface area contributed by atoms with Gasteiger partial charge in [0, 0.05) is 13.5 Å². The molecular formula is C16H18FN3O3. The molecule has 1 amide bonds. The Kier molecular flexibility index (Phi) is 4.02. The Morgan fingerprint density at radius 1 is 1.48 bits per heavy atom. The van der Waals surface area contributed by atoms with E-state index in [1.807, 2.05) is 13.0 Å². The van der Waals surface area contributed by atoms with E-state index in [-0.39, 0.29) is 36.1 Å². The van der Waals surface area contributed by atoms with E-state index < -0.39 is 5.76 Å². The van der Waals surface area contributed by atoms with Gasteiger partial charge in [-0.05, 0) is 30.0 Å². The maximum absolute atomic E-state index is 13.5. The molecule has 0 spiro atoms. The third kappa shape index (κ3) is 3.04. The first-order valence-electron chi connectivity index (χ1n) is 7.55. The number of carbonyl (C=O) groups excluding carboxylic acids is 1. The van der Waals surface area contributed by atoms with Crippen molar-refractivity contribution in [2.75, 3.05) is 6.54 Å². The van der Waals surface area contributed by atoms with Crippen LogP contribution in [0.25, 0.3) is 0 Å². The number of aromatic nitrogens is 2. The van der Waals surface area contributed by atoms with Gasteiger partial charge in [-0.25, -0.2) is 9.18 Å². The van der Waals surface area contributed by atoms with Gasteiger partial charge >= 0.3 is 5.76 Å². The topological polar surface area (TPSA) is 68.3 Å². The molecule has 6 nitrogen and oxygen atoms in total. The van der Waals surface area contributed by atoms with Crippen LogP contribution in [0.3, 0.4) is 0 Å². The highest BCUT2D eigenvalue weighted by Crippen LogP contribution is 2.37. The van der Waals surface area contributed by atoms with Crippen molar-refractivity contribution in [3.8, 4) is 0 Å². The van der Waals surface area contributed by atoms with Gasteiger partial charge in [0.05, 0.1) is 6.04 Å². The zero-order valence-electron chi connectivity index (χ0n) is 13.0. The smallest absolute Gasteiger partial charge is 0.393 e. The highest BCUT2D eigenvalue weighted by Gasteiger charge is 2.35. The summed E-state index contributed by atoms with van der Waals surface area (Å²) >= 11 is 0. The lowest BCUT2D eigenvalue weighted by molar-refractivity contribution is -0.133. The molecule has 2 aromatic rings. The first kappa shape index (κ1) is 15.5. The van der Waals surface area contributed by atoms with Crippen molar-refractivity contribution in [2.24, 2.45) is 5.92 Å². The van der Waals surface area contributed by atoms with Gasteiger partial charge in [0.1, 0.15) is 12.4 Å². The highest BCUT2D eigenvalue weighted by molar-refractivity contribution is 5.76. The summed E-state index contributed by atoms with van der Waals surface area (Å²) in [6.07, 6.45) is 0.833. The van der Waals surface area contributed by atoms with Gasteiger partial charge in [0.15, 0.2) is 0 Å². The van der Waals surface area contributed by atoms with Crippen molar-refractivity contribution >= 4 is 5.91 Å². The van der Waals surface area contributed by atoms with Gasteiger partial charge < -0.3 is 9.32 Å². The quantitative estimate of drug-likeness (QED) is 0.866. The molecule has 7 heteroatoms. The zero-order valence-corrected chi connectivity index (χ0v) is 13.0. The van der Waals surface area contributed by atoms with Crippen LogP contribution < -0.4 is 5.76 Å². The number of rotatable bonds is 3. The number of hydrogen-bond donors (Lipinski definition) is 0. The van der Waals surface area contributed by atoms with E-state index in [9.17, 15) is 14.0 Å². The second kappa shape index (κ2) is 5.98. The van der Waals surface area contributed by atoms with E-state index >= 15 is 0 Å². The number of likely N-dealkylation sites (tertiary alicyclic amines) is 1. The second-order valence-corrected chi connectivity index (χ2v) is 5.90. The van der Waals surface area contributed by atoms with Crippen molar-refractivity contribution in [3.63, 3.8) is 0 Å². The van der Waals surface area contributed by atoms with Crippen molar-refractivity contribution in [2.45, 2.75) is 32.9 Å². The van der Waals surface area contributed by atoms with Crippen LogP contribution in [0.2, 0.25) is 0 Å². The molecule has 1 aromatic carbocycles. The van der Waals surface area contributed by atoms with Gasteiger partial charge in [-0.1, -0.05) is 19.1 Å². The van der Waals surface area contributed by atoms with Crippen LogP contribution in [0.4, 0.5) is 4.39 Å². The third-order valence-electron chi connectivity index (χ3n) is 4.20. The Labute approximate surface area is 132 Å². The Hall–Kier alpha value is -2.44. The minimum absolute atomic E-state index is 0.172. The average Bonchev–Trinajstić information content (AvgIpc) is 3.01. The largest absolute Gasteiger partial charge is 0.437 e. The summed E-state index contributed by atoms with van der Waals surface area (Å²) in [4.78, 5) is 25.8. The van der Waals surface area contributed by atoms with Crippen LogP contribution >= 0.6 is 0 Å². The van der Waals surface area contributed by atoms with E-state index in [1.54, 1.807) is 17.9 Å². The molecule has 0 saturated carbocycles. The fourth-order valence-electron chi connectivity index (χ4n) is 3.15. The molecule has 122 valence electrons. The molecule has 0 aliphatic carbocycles. The van der Waals surface area contributed by atoms with Gasteiger partial charge in [-0.2, -0.15) is 4.68 Å². The summed E-state index contributed by atoms with van der Waals surface area (Å²) in [5.74, 6) is -0.752. The molecule has 1 aromatic heterocycles. The SMILES string of the molecule is Cc1nn(CC(=O)N2CCC(C)C2c2cccc(F)c2)c(=O)o1. The van der Waals surface area contributed by atoms with Gasteiger partial charge in [-0.3, -0.25) is 4.79 Å². The van der Waals surface area contributed by atoms with Crippen LogP contribution in [0.15, 0.2) is 33.5 Å². The number of hydrogen-bond acceptors (Lipinski definition) is 4. The van der Waals surface area contributed by atoms with Crippen LogP contribution in [-0.2, 0) is 11.3 Å².